The molecule has 3 N–H and O–H groups in total. The summed E-state index contributed by atoms with van der Waals surface area (Å²) in [6, 6.07) is 14.8. The molecule has 0 bridgehead atoms. The molecule has 0 spiro atoms. The van der Waals surface area contributed by atoms with Crippen molar-refractivity contribution < 1.29 is 4.92 Å². The predicted octanol–water partition coefficient (Wildman–Crippen LogP) is 2.68. The molecular weight excluding hydrogens is 330 g/mol. The molecule has 2 aromatic rings. The summed E-state index contributed by atoms with van der Waals surface area (Å²) in [5, 5.41) is 16.3. The van der Waals surface area contributed by atoms with Gasteiger partial charge in [-0.05, 0) is 17.2 Å². The number of nitrogens with zero attached hydrogens (tertiary/aromatic N) is 2. The van der Waals surface area contributed by atoms with Crippen molar-refractivity contribution in [2.24, 2.45) is 0 Å². The average molecular weight is 345 g/mol. The quantitative estimate of drug-likeness (QED) is 0.573. The molecule has 128 valence electrons. The largest absolute Gasteiger partial charge is 0.366 e. The zero-order valence-corrected chi connectivity index (χ0v) is 13.6. The van der Waals surface area contributed by atoms with Crippen molar-refractivity contribution in [2.45, 2.75) is 6.17 Å². The number of hydrogen-bond acceptors (Lipinski definition) is 6. The Morgan fingerprint density at radius 2 is 1.96 bits per heavy atom. The van der Waals surface area contributed by atoms with E-state index in [9.17, 15) is 10.1 Å². The highest BCUT2D eigenvalue weighted by molar-refractivity contribution is 5.85. The summed E-state index contributed by atoms with van der Waals surface area (Å²) in [7, 11) is 0. The molecule has 1 aliphatic carbocycles. The number of anilines is 1. The topological polar surface area (TPSA) is 82.5 Å². The number of non-ortho nitro benzene ring substituents is 1. The Bertz CT molecular complexity index is 1020. The third-order valence-corrected chi connectivity index (χ3v) is 4.80. The van der Waals surface area contributed by atoms with Crippen LogP contribution in [-0.4, -0.2) is 11.1 Å². The third-order valence-electron chi connectivity index (χ3n) is 4.80. The number of hydrazine groups is 2. The minimum Gasteiger partial charge on any atom is -0.366 e. The van der Waals surface area contributed by atoms with Crippen molar-refractivity contribution in [1.29, 1.82) is 0 Å². The minimum absolute atomic E-state index is 0.0568. The van der Waals surface area contributed by atoms with Gasteiger partial charge in [0.25, 0.3) is 5.69 Å². The molecule has 0 saturated carbocycles. The summed E-state index contributed by atoms with van der Waals surface area (Å²) in [6.45, 7) is 0. The predicted molar refractivity (Wildman–Crippen MR) is 99.2 cm³/mol. The lowest BCUT2D eigenvalue weighted by Gasteiger charge is -2.38. The molecule has 26 heavy (non-hydrogen) atoms. The number of nitrogens with one attached hydrogen (secondary N) is 3. The Hall–Kier alpha value is -3.58. The van der Waals surface area contributed by atoms with Gasteiger partial charge in [0.15, 0.2) is 0 Å². The number of nitro groups is 1. The maximum Gasteiger partial charge on any atom is 0.271 e. The molecule has 7 heteroatoms. The molecule has 1 atom stereocenters. The lowest BCUT2D eigenvalue weighted by Crippen LogP contribution is -2.59. The van der Waals surface area contributed by atoms with E-state index in [4.69, 9.17) is 0 Å². The fourth-order valence-corrected chi connectivity index (χ4v) is 3.59. The van der Waals surface area contributed by atoms with Crippen LogP contribution in [0.2, 0.25) is 0 Å². The number of allylic oxidation sites excluding steroid dienone is 1. The molecule has 0 saturated heterocycles. The number of nitro benzene ring substituents is 1. The molecule has 7 nitrogen and oxygen atoms in total. The van der Waals surface area contributed by atoms with Gasteiger partial charge in [-0.15, -0.1) is 5.53 Å². The van der Waals surface area contributed by atoms with Crippen LogP contribution in [0.4, 0.5) is 11.4 Å². The van der Waals surface area contributed by atoms with Crippen molar-refractivity contribution in [3.8, 4) is 0 Å². The van der Waals surface area contributed by atoms with Crippen molar-refractivity contribution >= 4 is 23.1 Å². The summed E-state index contributed by atoms with van der Waals surface area (Å²) in [4.78, 5) is 10.7. The maximum atomic E-state index is 11.1. The molecule has 0 fully saturated rings. The van der Waals surface area contributed by atoms with E-state index >= 15 is 0 Å². The van der Waals surface area contributed by atoms with Crippen molar-refractivity contribution in [3.63, 3.8) is 0 Å². The highest BCUT2D eigenvalue weighted by atomic mass is 16.6. The maximum absolute atomic E-state index is 11.1. The molecular formula is C19H15N5O2. The average Bonchev–Trinajstić information content (AvgIpc) is 3.02. The summed E-state index contributed by atoms with van der Waals surface area (Å²) in [5.41, 5.74) is 12.7. The Balaban J connectivity index is 1.61. The smallest absolute Gasteiger partial charge is 0.271 e. The first kappa shape index (κ1) is 14.7. The van der Waals surface area contributed by atoms with Crippen LogP contribution in [0.25, 0.3) is 11.8 Å². The zero-order chi connectivity index (χ0) is 17.7. The lowest BCUT2D eigenvalue weighted by molar-refractivity contribution is -0.384. The van der Waals surface area contributed by atoms with E-state index in [1.807, 2.05) is 29.4 Å². The van der Waals surface area contributed by atoms with E-state index in [2.05, 4.69) is 40.6 Å². The van der Waals surface area contributed by atoms with Crippen LogP contribution in [0.15, 0.2) is 72.0 Å². The van der Waals surface area contributed by atoms with Crippen molar-refractivity contribution in [1.82, 2.24) is 16.3 Å². The van der Waals surface area contributed by atoms with Crippen LogP contribution >= 0.6 is 0 Å². The first-order chi connectivity index (χ1) is 12.7. The highest BCUT2D eigenvalue weighted by Crippen LogP contribution is 2.38. The van der Waals surface area contributed by atoms with Gasteiger partial charge in [-0.25, -0.2) is 0 Å². The number of hydrogen-bond donors (Lipinski definition) is 3. The van der Waals surface area contributed by atoms with Gasteiger partial charge >= 0.3 is 0 Å². The molecule has 0 amide bonds. The fourth-order valence-electron chi connectivity index (χ4n) is 3.59. The summed E-state index contributed by atoms with van der Waals surface area (Å²) < 4.78 is 0. The summed E-state index contributed by atoms with van der Waals surface area (Å²) in [5.74, 6) is 0. The molecule has 2 aliphatic heterocycles. The van der Waals surface area contributed by atoms with Crippen molar-refractivity contribution in [3.05, 3.63) is 93.2 Å². The lowest BCUT2D eigenvalue weighted by atomic mass is 9.99. The minimum atomic E-state index is -0.387. The SMILES string of the molecule is O=[N+]([O-])c1cccc(N2NNC3=C4C(=CNC42)C=Cc2ccccc23)c1. The standard InChI is InChI=1S/C19H15N5O2/c25-24(26)15-6-3-5-14(10-15)23-19-17-13(11-20-19)9-8-12-4-1-2-7-16(12)18(17)21-22-23/h1-11,19-22H. The van der Waals surface area contributed by atoms with E-state index in [1.54, 1.807) is 12.1 Å². The van der Waals surface area contributed by atoms with Crippen molar-refractivity contribution in [2.75, 3.05) is 5.01 Å². The van der Waals surface area contributed by atoms with Gasteiger partial charge in [-0.2, -0.15) is 0 Å². The summed E-state index contributed by atoms with van der Waals surface area (Å²) in [6.07, 6.45) is 6.00. The molecule has 3 aliphatic rings. The molecule has 1 unspecified atom stereocenters. The van der Waals surface area contributed by atoms with Crippen LogP contribution in [0.1, 0.15) is 11.1 Å². The second kappa shape index (κ2) is 5.47. The van der Waals surface area contributed by atoms with Gasteiger partial charge in [0.2, 0.25) is 0 Å². The van der Waals surface area contributed by atoms with E-state index in [-0.39, 0.29) is 16.8 Å². The second-order valence-corrected chi connectivity index (χ2v) is 6.26. The van der Waals surface area contributed by atoms with E-state index in [0.29, 0.717) is 5.69 Å². The Morgan fingerprint density at radius 1 is 1.08 bits per heavy atom. The zero-order valence-electron chi connectivity index (χ0n) is 13.6. The van der Waals surface area contributed by atoms with Crippen LogP contribution < -0.4 is 21.3 Å². The molecule has 5 rings (SSSR count). The first-order valence-electron chi connectivity index (χ1n) is 8.26. The van der Waals surface area contributed by atoms with Gasteiger partial charge in [-0.1, -0.05) is 42.5 Å². The van der Waals surface area contributed by atoms with Gasteiger partial charge in [-0.3, -0.25) is 15.1 Å². The first-order valence-corrected chi connectivity index (χ1v) is 8.26. The number of rotatable bonds is 2. The van der Waals surface area contributed by atoms with Gasteiger partial charge in [0.05, 0.1) is 16.3 Å². The number of benzene rings is 2. The van der Waals surface area contributed by atoms with Gasteiger partial charge in [0.1, 0.15) is 6.17 Å². The molecule has 2 aromatic carbocycles. The molecule has 2 heterocycles. The summed E-state index contributed by atoms with van der Waals surface area (Å²) >= 11 is 0. The van der Waals surface area contributed by atoms with Crippen LogP contribution in [0.3, 0.4) is 0 Å². The van der Waals surface area contributed by atoms with Crippen LogP contribution in [0.5, 0.6) is 0 Å². The van der Waals surface area contributed by atoms with Gasteiger partial charge in [0, 0.05) is 29.5 Å². The van der Waals surface area contributed by atoms with E-state index < -0.39 is 0 Å². The Morgan fingerprint density at radius 3 is 2.85 bits per heavy atom. The van der Waals surface area contributed by atoms with E-state index in [0.717, 1.165) is 28.0 Å². The van der Waals surface area contributed by atoms with E-state index in [1.165, 1.54) is 6.07 Å². The van der Waals surface area contributed by atoms with Crippen LogP contribution in [-0.2, 0) is 0 Å². The Kier molecular flexibility index (Phi) is 3.10. The monoisotopic (exact) mass is 345 g/mol. The normalized spacial score (nSPS) is 19.8. The van der Waals surface area contributed by atoms with Gasteiger partial charge < -0.3 is 10.7 Å². The second-order valence-electron chi connectivity index (χ2n) is 6.26. The van der Waals surface area contributed by atoms with Crippen LogP contribution in [0, 0.1) is 10.1 Å². The third kappa shape index (κ3) is 2.11. The molecule has 0 aromatic heterocycles. The Labute approximate surface area is 149 Å². The fraction of sp³-hybridized carbons (Fsp3) is 0.0526. The number of fused-ring (bicyclic) bond motifs is 2. The molecule has 0 radical (unpaired) electrons. The highest BCUT2D eigenvalue weighted by Gasteiger charge is 2.36.